The van der Waals surface area contributed by atoms with Gasteiger partial charge in [0.1, 0.15) is 5.69 Å². The van der Waals surface area contributed by atoms with Gasteiger partial charge in [-0.2, -0.15) is 0 Å². The molecule has 0 atom stereocenters. The lowest BCUT2D eigenvalue weighted by molar-refractivity contribution is 0.0600. The molecule has 0 aliphatic heterocycles. The van der Waals surface area contributed by atoms with Crippen molar-refractivity contribution < 1.29 is 14.3 Å². The Morgan fingerprint density at radius 1 is 1.20 bits per heavy atom. The number of amides is 1. The first kappa shape index (κ1) is 14.2. The van der Waals surface area contributed by atoms with Gasteiger partial charge in [-0.05, 0) is 52.3 Å². The van der Waals surface area contributed by atoms with Crippen LogP contribution in [0.1, 0.15) is 20.8 Å². The normalized spacial score (nSPS) is 9.90. The first-order chi connectivity index (χ1) is 9.61. The maximum atomic E-state index is 12.0. The summed E-state index contributed by atoms with van der Waals surface area (Å²) in [5, 5.41) is 2.70. The van der Waals surface area contributed by atoms with Gasteiger partial charge in [-0.3, -0.25) is 4.79 Å². The fourth-order valence-electron chi connectivity index (χ4n) is 1.55. The van der Waals surface area contributed by atoms with Crippen LogP contribution in [0, 0.1) is 0 Å². The maximum absolute atomic E-state index is 12.0. The van der Waals surface area contributed by atoms with E-state index >= 15 is 0 Å². The number of methoxy groups -OCH3 is 1. The van der Waals surface area contributed by atoms with E-state index in [1.807, 2.05) is 0 Å². The summed E-state index contributed by atoms with van der Waals surface area (Å²) in [4.78, 5) is 27.3. The number of carbonyl (C=O) groups excluding carboxylic acids is 2. The number of anilines is 1. The molecule has 5 nitrogen and oxygen atoms in total. The van der Waals surface area contributed by atoms with E-state index in [1.165, 1.54) is 7.11 Å². The van der Waals surface area contributed by atoms with Crippen LogP contribution in [0.5, 0.6) is 0 Å². The number of halogens is 1. The van der Waals surface area contributed by atoms with E-state index in [4.69, 9.17) is 0 Å². The van der Waals surface area contributed by atoms with Crippen LogP contribution in [-0.2, 0) is 4.74 Å². The van der Waals surface area contributed by atoms with Crippen LogP contribution < -0.4 is 5.32 Å². The Hall–Kier alpha value is -2.21. The van der Waals surface area contributed by atoms with Gasteiger partial charge in [-0.1, -0.05) is 0 Å². The zero-order valence-electron chi connectivity index (χ0n) is 10.6. The quantitative estimate of drug-likeness (QED) is 0.876. The van der Waals surface area contributed by atoms with E-state index in [9.17, 15) is 9.59 Å². The van der Waals surface area contributed by atoms with Crippen molar-refractivity contribution in [1.29, 1.82) is 0 Å². The number of nitrogens with one attached hydrogen (secondary N) is 1. The third-order valence-electron chi connectivity index (χ3n) is 2.54. The van der Waals surface area contributed by atoms with Crippen LogP contribution in [-0.4, -0.2) is 24.0 Å². The van der Waals surface area contributed by atoms with E-state index in [2.05, 4.69) is 31.0 Å². The number of ether oxygens (including phenoxy) is 1. The van der Waals surface area contributed by atoms with Gasteiger partial charge in [0.2, 0.25) is 0 Å². The highest BCUT2D eigenvalue weighted by Gasteiger charge is 2.11. The van der Waals surface area contributed by atoms with E-state index in [0.29, 0.717) is 21.4 Å². The van der Waals surface area contributed by atoms with Gasteiger partial charge in [-0.15, -0.1) is 0 Å². The molecule has 0 spiro atoms. The van der Waals surface area contributed by atoms with Crippen LogP contribution in [0.3, 0.4) is 0 Å². The smallest absolute Gasteiger partial charge is 0.337 e. The SMILES string of the molecule is COC(=O)c1ccc(NC(=O)c2ncccc2Br)cc1. The molecule has 1 aromatic carbocycles. The molecular weight excluding hydrogens is 324 g/mol. The zero-order valence-corrected chi connectivity index (χ0v) is 12.2. The number of hydrogen-bond acceptors (Lipinski definition) is 4. The van der Waals surface area contributed by atoms with E-state index in [-0.39, 0.29) is 5.91 Å². The highest BCUT2D eigenvalue weighted by atomic mass is 79.9. The van der Waals surface area contributed by atoms with Crippen molar-refractivity contribution in [2.75, 3.05) is 12.4 Å². The Labute approximate surface area is 124 Å². The Bertz CT molecular complexity index is 641. The molecule has 0 aliphatic rings. The molecule has 2 aromatic rings. The second kappa shape index (κ2) is 6.29. The van der Waals surface area contributed by atoms with Gasteiger partial charge in [0.15, 0.2) is 0 Å². The average molecular weight is 335 g/mol. The molecule has 0 fully saturated rings. The third-order valence-corrected chi connectivity index (χ3v) is 3.18. The van der Waals surface area contributed by atoms with Gasteiger partial charge in [0.05, 0.1) is 12.7 Å². The molecule has 0 saturated heterocycles. The largest absolute Gasteiger partial charge is 0.465 e. The molecule has 0 aliphatic carbocycles. The number of nitrogens with zero attached hydrogens (tertiary/aromatic N) is 1. The summed E-state index contributed by atoms with van der Waals surface area (Å²) in [5.41, 5.74) is 1.29. The molecule has 20 heavy (non-hydrogen) atoms. The first-order valence-electron chi connectivity index (χ1n) is 5.72. The Morgan fingerprint density at radius 3 is 2.50 bits per heavy atom. The number of rotatable bonds is 3. The maximum Gasteiger partial charge on any atom is 0.337 e. The minimum atomic E-state index is -0.421. The second-order valence-corrected chi connectivity index (χ2v) is 4.71. The summed E-state index contributed by atoms with van der Waals surface area (Å²) in [7, 11) is 1.32. The van der Waals surface area contributed by atoms with Crippen molar-refractivity contribution >= 4 is 33.5 Å². The molecule has 1 amide bonds. The number of esters is 1. The fourth-order valence-corrected chi connectivity index (χ4v) is 1.99. The number of hydrogen-bond donors (Lipinski definition) is 1. The van der Waals surface area contributed by atoms with Crippen molar-refractivity contribution in [3.63, 3.8) is 0 Å². The fraction of sp³-hybridized carbons (Fsp3) is 0.0714. The van der Waals surface area contributed by atoms with Gasteiger partial charge in [-0.25, -0.2) is 9.78 Å². The molecule has 1 N–H and O–H groups in total. The minimum Gasteiger partial charge on any atom is -0.465 e. The summed E-state index contributed by atoms with van der Waals surface area (Å²) in [6, 6.07) is 9.88. The molecule has 0 bridgehead atoms. The molecule has 0 saturated carbocycles. The lowest BCUT2D eigenvalue weighted by Crippen LogP contribution is -2.14. The molecule has 102 valence electrons. The van der Waals surface area contributed by atoms with Crippen LogP contribution in [0.15, 0.2) is 47.1 Å². The van der Waals surface area contributed by atoms with E-state index < -0.39 is 5.97 Å². The van der Waals surface area contributed by atoms with Gasteiger partial charge >= 0.3 is 5.97 Å². The van der Waals surface area contributed by atoms with Gasteiger partial charge in [0.25, 0.3) is 5.91 Å². The molecule has 2 rings (SSSR count). The Kier molecular flexibility index (Phi) is 4.47. The predicted molar refractivity (Wildman–Crippen MR) is 77.7 cm³/mol. The highest BCUT2D eigenvalue weighted by molar-refractivity contribution is 9.10. The number of benzene rings is 1. The van der Waals surface area contributed by atoms with E-state index in [0.717, 1.165) is 0 Å². The van der Waals surface area contributed by atoms with E-state index in [1.54, 1.807) is 42.6 Å². The monoisotopic (exact) mass is 334 g/mol. The summed E-state index contributed by atoms with van der Waals surface area (Å²) in [5.74, 6) is -0.751. The van der Waals surface area contributed by atoms with Crippen LogP contribution in [0.25, 0.3) is 0 Å². The predicted octanol–water partition coefficient (Wildman–Crippen LogP) is 2.88. The van der Waals surface area contributed by atoms with Crippen LogP contribution in [0.2, 0.25) is 0 Å². The molecule has 0 radical (unpaired) electrons. The topological polar surface area (TPSA) is 68.3 Å². The number of aromatic nitrogens is 1. The Morgan fingerprint density at radius 2 is 1.90 bits per heavy atom. The number of pyridine rings is 1. The van der Waals surface area contributed by atoms with Crippen molar-refractivity contribution in [3.8, 4) is 0 Å². The highest BCUT2D eigenvalue weighted by Crippen LogP contribution is 2.16. The second-order valence-electron chi connectivity index (χ2n) is 3.86. The van der Waals surface area contributed by atoms with Crippen molar-refractivity contribution in [2.24, 2.45) is 0 Å². The first-order valence-corrected chi connectivity index (χ1v) is 6.51. The molecule has 0 unspecified atom stereocenters. The summed E-state index contributed by atoms with van der Waals surface area (Å²) in [6.45, 7) is 0. The van der Waals surface area contributed by atoms with Gasteiger partial charge < -0.3 is 10.1 Å². The average Bonchev–Trinajstić information content (AvgIpc) is 2.47. The van der Waals surface area contributed by atoms with Crippen molar-refractivity contribution in [1.82, 2.24) is 4.98 Å². The van der Waals surface area contributed by atoms with Crippen molar-refractivity contribution in [2.45, 2.75) is 0 Å². The Balaban J connectivity index is 2.13. The molecular formula is C14H11BrN2O3. The number of carbonyl (C=O) groups is 2. The molecule has 1 aromatic heterocycles. The third kappa shape index (κ3) is 3.21. The van der Waals surface area contributed by atoms with Gasteiger partial charge in [0, 0.05) is 16.4 Å². The molecule has 1 heterocycles. The lowest BCUT2D eigenvalue weighted by atomic mass is 10.2. The standard InChI is InChI=1S/C14H11BrN2O3/c1-20-14(19)9-4-6-10(7-5-9)17-13(18)12-11(15)3-2-8-16-12/h2-8H,1H3,(H,17,18). The van der Waals surface area contributed by atoms with Crippen molar-refractivity contribution in [3.05, 3.63) is 58.3 Å². The lowest BCUT2D eigenvalue weighted by Gasteiger charge is -2.06. The zero-order chi connectivity index (χ0) is 14.5. The van der Waals surface area contributed by atoms with Crippen LogP contribution in [0.4, 0.5) is 5.69 Å². The summed E-state index contributed by atoms with van der Waals surface area (Å²) < 4.78 is 5.21. The van der Waals surface area contributed by atoms with Crippen LogP contribution >= 0.6 is 15.9 Å². The summed E-state index contributed by atoms with van der Waals surface area (Å²) >= 11 is 3.27. The molecule has 6 heteroatoms. The minimum absolute atomic E-state index is 0.296. The summed E-state index contributed by atoms with van der Waals surface area (Å²) in [6.07, 6.45) is 1.54.